The molecule has 10 atom stereocenters. The Kier molecular flexibility index (Phi) is 5.52. The molecular weight excluding hydrogens is 424 g/mol. The number of aliphatic carboxylic acids is 1. The Hall–Kier alpha value is -0.870. The Morgan fingerprint density at radius 3 is 2.32 bits per heavy atom. The predicted octanol–water partition coefficient (Wildman–Crippen LogP) is 6.06. The van der Waals surface area contributed by atoms with Gasteiger partial charge in [0.25, 0.3) is 0 Å². The first-order chi connectivity index (χ1) is 15.8. The fraction of sp³-hybridized carbons (Fsp3) is 0.900. The highest BCUT2D eigenvalue weighted by atomic mass is 16.4. The average molecular weight is 473 g/mol. The van der Waals surface area contributed by atoms with Gasteiger partial charge >= 0.3 is 5.97 Å². The summed E-state index contributed by atoms with van der Waals surface area (Å²) in [4.78, 5) is 12.8. The molecular formula is C30H48O4. The van der Waals surface area contributed by atoms with Crippen LogP contribution in [0.2, 0.25) is 0 Å². The summed E-state index contributed by atoms with van der Waals surface area (Å²) in [6, 6.07) is 0. The Morgan fingerprint density at radius 2 is 1.68 bits per heavy atom. The zero-order valence-electron chi connectivity index (χ0n) is 22.4. The van der Waals surface area contributed by atoms with Crippen LogP contribution in [0.25, 0.3) is 0 Å². The zero-order valence-corrected chi connectivity index (χ0v) is 22.4. The summed E-state index contributed by atoms with van der Waals surface area (Å²) in [7, 11) is 0. The first-order valence-electron chi connectivity index (χ1n) is 14.0. The van der Waals surface area contributed by atoms with Gasteiger partial charge in [0.2, 0.25) is 0 Å². The number of carbonyl (C=O) groups is 1. The Labute approximate surface area is 206 Å². The molecule has 0 unspecified atom stereocenters. The standard InChI is InChI=1S/C30H48O4/c1-18-19(17-31)9-14-30(25(33)34)16-15-28(5)20(24(18)30)7-8-22-27(4)12-11-23(32)26(2,3)21(27)10-13-29(22,28)6/h7,18-19,21-24,31-32H,8-17H2,1-6H3,(H,33,34)/t18-,19-,21-,22+,23-,24-,27-,28+,29+,30-/m0/s1. The lowest BCUT2D eigenvalue weighted by atomic mass is 9.33. The summed E-state index contributed by atoms with van der Waals surface area (Å²) >= 11 is 0. The molecule has 0 bridgehead atoms. The topological polar surface area (TPSA) is 77.8 Å². The Balaban J connectivity index is 1.61. The lowest BCUT2D eigenvalue weighted by Gasteiger charge is -2.71. The number of fused-ring (bicyclic) bond motifs is 7. The third-order valence-corrected chi connectivity index (χ3v) is 13.4. The molecule has 0 aromatic carbocycles. The maximum absolute atomic E-state index is 12.8. The number of allylic oxidation sites excluding steroid dienone is 2. The minimum atomic E-state index is -0.669. The summed E-state index contributed by atoms with van der Waals surface area (Å²) < 4.78 is 0. The largest absolute Gasteiger partial charge is 0.481 e. The van der Waals surface area contributed by atoms with Crippen LogP contribution >= 0.6 is 0 Å². The number of carboxylic acid groups (broad SMARTS) is 1. The van der Waals surface area contributed by atoms with Crippen molar-refractivity contribution in [2.75, 3.05) is 6.61 Å². The van der Waals surface area contributed by atoms with Crippen LogP contribution in [0.15, 0.2) is 11.6 Å². The van der Waals surface area contributed by atoms with Crippen molar-refractivity contribution in [2.24, 2.45) is 56.7 Å². The van der Waals surface area contributed by atoms with Gasteiger partial charge in [-0.05, 0) is 109 Å². The molecule has 0 aliphatic heterocycles. The first kappa shape index (κ1) is 24.8. The summed E-state index contributed by atoms with van der Waals surface area (Å²) in [5.41, 5.74) is 1.03. The molecule has 0 heterocycles. The van der Waals surface area contributed by atoms with Gasteiger partial charge in [0.15, 0.2) is 0 Å². The molecule has 5 aliphatic carbocycles. The van der Waals surface area contributed by atoms with E-state index in [1.165, 1.54) is 5.57 Å². The van der Waals surface area contributed by atoms with E-state index in [4.69, 9.17) is 0 Å². The molecule has 0 amide bonds. The number of aliphatic hydroxyl groups is 2. The van der Waals surface area contributed by atoms with E-state index in [2.05, 4.69) is 47.6 Å². The van der Waals surface area contributed by atoms with E-state index in [0.29, 0.717) is 18.3 Å². The smallest absolute Gasteiger partial charge is 0.310 e. The SMILES string of the molecule is C[C@H]1[C@H](CO)CC[C@]2(C(=O)O)CC[C@]3(C)C(=CC[C@@H]4[C@@]5(C)CC[C@H](O)C(C)(C)[C@@H]5CC[C@]43C)[C@H]12. The van der Waals surface area contributed by atoms with E-state index in [1.54, 1.807) is 0 Å². The molecule has 5 rings (SSSR count). The highest BCUT2D eigenvalue weighted by Gasteiger charge is 2.69. The molecule has 0 spiro atoms. The van der Waals surface area contributed by atoms with Gasteiger partial charge in [-0.15, -0.1) is 0 Å². The molecule has 4 nitrogen and oxygen atoms in total. The van der Waals surface area contributed by atoms with Crippen molar-refractivity contribution < 1.29 is 20.1 Å². The predicted molar refractivity (Wildman–Crippen MR) is 134 cm³/mol. The molecule has 0 aromatic rings. The summed E-state index contributed by atoms with van der Waals surface area (Å²) in [6.45, 7) is 14.5. The quantitative estimate of drug-likeness (QED) is 0.427. The minimum absolute atomic E-state index is 0.000670. The average Bonchev–Trinajstić information content (AvgIpc) is 2.77. The second-order valence-electron chi connectivity index (χ2n) is 14.4. The van der Waals surface area contributed by atoms with Gasteiger partial charge in [0, 0.05) is 6.61 Å². The van der Waals surface area contributed by atoms with Crippen LogP contribution in [0.1, 0.15) is 99.3 Å². The summed E-state index contributed by atoms with van der Waals surface area (Å²) in [6.07, 6.45) is 10.8. The molecule has 0 saturated heterocycles. The monoisotopic (exact) mass is 472 g/mol. The van der Waals surface area contributed by atoms with E-state index in [0.717, 1.165) is 51.4 Å². The summed E-state index contributed by atoms with van der Waals surface area (Å²) in [5.74, 6) is 0.882. The summed E-state index contributed by atoms with van der Waals surface area (Å²) in [5, 5.41) is 31.5. The minimum Gasteiger partial charge on any atom is -0.481 e. The van der Waals surface area contributed by atoms with Gasteiger partial charge in [-0.25, -0.2) is 0 Å². The van der Waals surface area contributed by atoms with E-state index in [1.807, 2.05) is 0 Å². The van der Waals surface area contributed by atoms with Crippen molar-refractivity contribution in [3.63, 3.8) is 0 Å². The normalized spacial score (nSPS) is 54.1. The van der Waals surface area contributed by atoms with Gasteiger partial charge in [0.1, 0.15) is 0 Å². The van der Waals surface area contributed by atoms with Crippen LogP contribution in [0.3, 0.4) is 0 Å². The van der Waals surface area contributed by atoms with Crippen LogP contribution in [-0.4, -0.2) is 34.0 Å². The van der Waals surface area contributed by atoms with Gasteiger partial charge in [-0.3, -0.25) is 4.79 Å². The van der Waals surface area contributed by atoms with Crippen molar-refractivity contribution in [2.45, 2.75) is 105 Å². The van der Waals surface area contributed by atoms with E-state index >= 15 is 0 Å². The number of carboxylic acids is 1. The maximum Gasteiger partial charge on any atom is 0.310 e. The van der Waals surface area contributed by atoms with E-state index in [9.17, 15) is 20.1 Å². The van der Waals surface area contributed by atoms with Gasteiger partial charge < -0.3 is 15.3 Å². The zero-order chi connectivity index (χ0) is 24.9. The van der Waals surface area contributed by atoms with Crippen molar-refractivity contribution in [3.8, 4) is 0 Å². The van der Waals surface area contributed by atoms with Crippen LogP contribution < -0.4 is 0 Å². The third kappa shape index (κ3) is 2.82. The van der Waals surface area contributed by atoms with E-state index < -0.39 is 11.4 Å². The fourth-order valence-corrected chi connectivity index (χ4v) is 11.0. The number of hydrogen-bond donors (Lipinski definition) is 3. The first-order valence-corrected chi connectivity index (χ1v) is 14.0. The third-order valence-electron chi connectivity index (χ3n) is 13.4. The lowest BCUT2D eigenvalue weighted by molar-refractivity contribution is -0.207. The van der Waals surface area contributed by atoms with Gasteiger partial charge in [0.05, 0.1) is 11.5 Å². The van der Waals surface area contributed by atoms with Crippen LogP contribution in [0.4, 0.5) is 0 Å². The molecule has 3 N–H and O–H groups in total. The Morgan fingerprint density at radius 1 is 0.971 bits per heavy atom. The van der Waals surface area contributed by atoms with Crippen molar-refractivity contribution >= 4 is 5.97 Å². The van der Waals surface area contributed by atoms with Crippen molar-refractivity contribution in [1.82, 2.24) is 0 Å². The van der Waals surface area contributed by atoms with Crippen LogP contribution in [0, 0.1) is 56.7 Å². The molecule has 0 radical (unpaired) electrons. The Bertz CT molecular complexity index is 892. The molecule has 4 fully saturated rings. The van der Waals surface area contributed by atoms with Crippen LogP contribution in [-0.2, 0) is 4.79 Å². The van der Waals surface area contributed by atoms with E-state index in [-0.39, 0.29) is 52.1 Å². The highest BCUT2D eigenvalue weighted by Crippen LogP contribution is 2.75. The molecule has 5 aliphatic rings. The lowest BCUT2D eigenvalue weighted by Crippen LogP contribution is -2.65. The second-order valence-corrected chi connectivity index (χ2v) is 14.4. The molecule has 4 saturated carbocycles. The highest BCUT2D eigenvalue weighted by molar-refractivity contribution is 5.76. The maximum atomic E-state index is 12.8. The van der Waals surface area contributed by atoms with Gasteiger partial charge in [-0.1, -0.05) is 53.2 Å². The van der Waals surface area contributed by atoms with Crippen molar-refractivity contribution in [1.29, 1.82) is 0 Å². The number of aliphatic hydroxyl groups excluding tert-OH is 2. The molecule has 192 valence electrons. The molecule has 0 aromatic heterocycles. The number of hydrogen-bond acceptors (Lipinski definition) is 3. The van der Waals surface area contributed by atoms with Gasteiger partial charge in [-0.2, -0.15) is 0 Å². The second kappa shape index (κ2) is 7.57. The fourth-order valence-electron chi connectivity index (χ4n) is 11.0. The number of rotatable bonds is 2. The molecule has 4 heteroatoms. The molecule has 34 heavy (non-hydrogen) atoms. The van der Waals surface area contributed by atoms with Crippen molar-refractivity contribution in [3.05, 3.63) is 11.6 Å². The van der Waals surface area contributed by atoms with Crippen LogP contribution in [0.5, 0.6) is 0 Å².